The first-order valence-electron chi connectivity index (χ1n) is 6.56. The van der Waals surface area contributed by atoms with Gasteiger partial charge in [-0.1, -0.05) is 24.3 Å². The molecule has 0 fully saturated rings. The Morgan fingerprint density at radius 3 is 2.45 bits per heavy atom. The van der Waals surface area contributed by atoms with Crippen LogP contribution in [-0.4, -0.2) is 14.2 Å². The van der Waals surface area contributed by atoms with E-state index in [9.17, 15) is 5.26 Å². The number of rotatable bonds is 4. The van der Waals surface area contributed by atoms with E-state index in [2.05, 4.69) is 12.1 Å². The SMILES string of the molecule is COc1cccc(C=C(C#N)c2cccc(C#N)c2)c1OC. The maximum absolute atomic E-state index is 9.42. The highest BCUT2D eigenvalue weighted by Crippen LogP contribution is 2.33. The van der Waals surface area contributed by atoms with E-state index in [4.69, 9.17) is 14.7 Å². The van der Waals surface area contributed by atoms with Crippen LogP contribution in [-0.2, 0) is 0 Å². The van der Waals surface area contributed by atoms with E-state index in [1.807, 2.05) is 12.1 Å². The van der Waals surface area contributed by atoms with Gasteiger partial charge >= 0.3 is 0 Å². The molecule has 0 unspecified atom stereocenters. The van der Waals surface area contributed by atoms with E-state index in [1.54, 1.807) is 50.6 Å². The summed E-state index contributed by atoms with van der Waals surface area (Å²) in [4.78, 5) is 0. The maximum atomic E-state index is 9.42. The summed E-state index contributed by atoms with van der Waals surface area (Å²) in [6, 6.07) is 16.6. The van der Waals surface area contributed by atoms with E-state index in [-0.39, 0.29) is 0 Å². The molecule has 2 aromatic rings. The van der Waals surface area contributed by atoms with Crippen molar-refractivity contribution in [3.05, 3.63) is 59.2 Å². The molecule has 0 bridgehead atoms. The third-order valence-electron chi connectivity index (χ3n) is 3.16. The Kier molecular flexibility index (Phi) is 4.80. The number of allylic oxidation sites excluding steroid dienone is 1. The highest BCUT2D eigenvalue weighted by atomic mass is 16.5. The number of hydrogen-bond donors (Lipinski definition) is 0. The fourth-order valence-electron chi connectivity index (χ4n) is 2.12. The Hall–Kier alpha value is -3.24. The molecule has 2 rings (SSSR count). The third kappa shape index (κ3) is 3.08. The standard InChI is InChI=1S/C18H14N2O2/c1-21-17-8-4-7-15(18(17)22-2)10-16(12-20)14-6-3-5-13(9-14)11-19/h3-10H,1-2H3. The predicted molar refractivity (Wildman–Crippen MR) is 84.2 cm³/mol. The van der Waals surface area contributed by atoms with Crippen LogP contribution in [0.2, 0.25) is 0 Å². The van der Waals surface area contributed by atoms with Crippen LogP contribution in [0, 0.1) is 22.7 Å². The minimum atomic E-state index is 0.448. The maximum Gasteiger partial charge on any atom is 0.167 e. The molecule has 0 aliphatic carbocycles. The predicted octanol–water partition coefficient (Wildman–Crippen LogP) is 3.64. The molecule has 0 aliphatic heterocycles. The number of ether oxygens (including phenoxy) is 2. The quantitative estimate of drug-likeness (QED) is 0.637. The molecule has 0 spiro atoms. The Balaban J connectivity index is 2.55. The lowest BCUT2D eigenvalue weighted by Gasteiger charge is -2.10. The van der Waals surface area contributed by atoms with Crippen molar-refractivity contribution in [1.82, 2.24) is 0 Å². The van der Waals surface area contributed by atoms with E-state index >= 15 is 0 Å². The van der Waals surface area contributed by atoms with Gasteiger partial charge in [0.1, 0.15) is 0 Å². The smallest absolute Gasteiger partial charge is 0.167 e. The summed E-state index contributed by atoms with van der Waals surface area (Å²) in [7, 11) is 3.12. The van der Waals surface area contributed by atoms with Crippen molar-refractivity contribution in [2.45, 2.75) is 0 Å². The summed E-state index contributed by atoms with van der Waals surface area (Å²) >= 11 is 0. The number of para-hydroxylation sites is 1. The highest BCUT2D eigenvalue weighted by Gasteiger charge is 2.10. The average Bonchev–Trinajstić information content (AvgIpc) is 2.59. The minimum absolute atomic E-state index is 0.448. The molecule has 108 valence electrons. The normalized spacial score (nSPS) is 10.5. The van der Waals surface area contributed by atoms with Crippen LogP contribution in [0.3, 0.4) is 0 Å². The molecular weight excluding hydrogens is 276 g/mol. The second kappa shape index (κ2) is 6.97. The van der Waals surface area contributed by atoms with Gasteiger partial charge in [-0.25, -0.2) is 0 Å². The third-order valence-corrected chi connectivity index (χ3v) is 3.16. The zero-order chi connectivity index (χ0) is 15.9. The number of hydrogen-bond acceptors (Lipinski definition) is 4. The summed E-state index contributed by atoms with van der Waals surface area (Å²) in [5.74, 6) is 1.16. The van der Waals surface area contributed by atoms with Crippen LogP contribution >= 0.6 is 0 Å². The van der Waals surface area contributed by atoms with Gasteiger partial charge in [0.05, 0.1) is 37.5 Å². The van der Waals surface area contributed by atoms with Crippen molar-refractivity contribution in [3.8, 4) is 23.6 Å². The van der Waals surface area contributed by atoms with Gasteiger partial charge in [-0.3, -0.25) is 0 Å². The second-order valence-corrected chi connectivity index (χ2v) is 4.45. The molecule has 0 saturated carbocycles. The number of benzene rings is 2. The number of methoxy groups -OCH3 is 2. The van der Waals surface area contributed by atoms with Gasteiger partial charge < -0.3 is 9.47 Å². The van der Waals surface area contributed by atoms with Gasteiger partial charge in [-0.15, -0.1) is 0 Å². The molecule has 4 nitrogen and oxygen atoms in total. The summed E-state index contributed by atoms with van der Waals surface area (Å²) < 4.78 is 10.6. The van der Waals surface area contributed by atoms with Crippen LogP contribution in [0.4, 0.5) is 0 Å². The van der Waals surface area contributed by atoms with Crippen LogP contribution in [0.1, 0.15) is 16.7 Å². The van der Waals surface area contributed by atoms with Crippen molar-refractivity contribution in [2.75, 3.05) is 14.2 Å². The monoisotopic (exact) mass is 290 g/mol. The summed E-state index contributed by atoms with van der Waals surface area (Å²) in [6.45, 7) is 0. The molecule has 0 saturated heterocycles. The minimum Gasteiger partial charge on any atom is -0.493 e. The van der Waals surface area contributed by atoms with E-state index in [0.717, 1.165) is 5.56 Å². The van der Waals surface area contributed by atoms with Gasteiger partial charge in [0.15, 0.2) is 11.5 Å². The van der Waals surface area contributed by atoms with E-state index in [1.165, 1.54) is 0 Å². The number of nitrogens with zero attached hydrogens (tertiary/aromatic N) is 2. The lowest BCUT2D eigenvalue weighted by molar-refractivity contribution is 0.354. The molecule has 4 heteroatoms. The Bertz CT molecular complexity index is 795. The molecule has 2 aromatic carbocycles. The van der Waals surface area contributed by atoms with E-state index < -0.39 is 0 Å². The van der Waals surface area contributed by atoms with Crippen molar-refractivity contribution < 1.29 is 9.47 Å². The zero-order valence-electron chi connectivity index (χ0n) is 12.3. The zero-order valence-corrected chi connectivity index (χ0v) is 12.3. The first kappa shape index (κ1) is 15.2. The first-order valence-corrected chi connectivity index (χ1v) is 6.56. The largest absolute Gasteiger partial charge is 0.493 e. The Labute approximate surface area is 129 Å². The lowest BCUT2D eigenvalue weighted by Crippen LogP contribution is -1.93. The molecular formula is C18H14N2O2. The fraction of sp³-hybridized carbons (Fsp3) is 0.111. The van der Waals surface area contributed by atoms with Crippen molar-refractivity contribution in [3.63, 3.8) is 0 Å². The topological polar surface area (TPSA) is 66.0 Å². The van der Waals surface area contributed by atoms with Gasteiger partial charge in [-0.2, -0.15) is 10.5 Å². The van der Waals surface area contributed by atoms with Crippen molar-refractivity contribution in [1.29, 1.82) is 10.5 Å². The van der Waals surface area contributed by atoms with Gasteiger partial charge in [0, 0.05) is 5.56 Å². The lowest BCUT2D eigenvalue weighted by atomic mass is 10.0. The molecule has 0 atom stereocenters. The Morgan fingerprint density at radius 1 is 1.05 bits per heavy atom. The molecule has 22 heavy (non-hydrogen) atoms. The summed E-state index contributed by atoms with van der Waals surface area (Å²) in [5.41, 5.74) is 2.38. The van der Waals surface area contributed by atoms with Crippen molar-refractivity contribution >= 4 is 11.6 Å². The van der Waals surface area contributed by atoms with Crippen LogP contribution in [0.15, 0.2) is 42.5 Å². The van der Waals surface area contributed by atoms with Crippen LogP contribution in [0.25, 0.3) is 11.6 Å². The Morgan fingerprint density at radius 2 is 1.82 bits per heavy atom. The summed E-state index contributed by atoms with van der Waals surface area (Å²) in [5, 5.41) is 18.4. The van der Waals surface area contributed by atoms with Gasteiger partial charge in [0.25, 0.3) is 0 Å². The van der Waals surface area contributed by atoms with Crippen LogP contribution < -0.4 is 9.47 Å². The number of nitriles is 2. The highest BCUT2D eigenvalue weighted by molar-refractivity contribution is 5.91. The average molecular weight is 290 g/mol. The van der Waals surface area contributed by atoms with Gasteiger partial charge in [-0.05, 0) is 29.8 Å². The molecule has 0 aromatic heterocycles. The first-order chi connectivity index (χ1) is 10.7. The van der Waals surface area contributed by atoms with Crippen molar-refractivity contribution in [2.24, 2.45) is 0 Å². The fourth-order valence-corrected chi connectivity index (χ4v) is 2.12. The molecule has 0 N–H and O–H groups in total. The second-order valence-electron chi connectivity index (χ2n) is 4.45. The molecule has 0 radical (unpaired) electrons. The summed E-state index contributed by atoms with van der Waals surface area (Å²) in [6.07, 6.45) is 1.72. The van der Waals surface area contributed by atoms with Gasteiger partial charge in [0.2, 0.25) is 0 Å². The van der Waals surface area contributed by atoms with E-state index in [0.29, 0.717) is 28.2 Å². The van der Waals surface area contributed by atoms with Crippen LogP contribution in [0.5, 0.6) is 11.5 Å². The molecule has 0 aliphatic rings. The molecule has 0 amide bonds. The molecule has 0 heterocycles.